The number of hydrogen-bond donors (Lipinski definition) is 1. The van der Waals surface area contributed by atoms with Crippen LogP contribution in [0, 0.1) is 13.8 Å². The van der Waals surface area contributed by atoms with Gasteiger partial charge in [0, 0.05) is 5.69 Å². The highest BCUT2D eigenvalue weighted by Crippen LogP contribution is 2.32. The summed E-state index contributed by atoms with van der Waals surface area (Å²) < 4.78 is 82.8. The average molecular weight is 405 g/mol. The zero-order valence-electron chi connectivity index (χ0n) is 14.9. The number of aryl methyl sites for hydroxylation is 2. The number of anilines is 1. The number of halogens is 6. The Morgan fingerprint density at radius 2 is 1.71 bits per heavy atom. The van der Waals surface area contributed by atoms with Gasteiger partial charge in [-0.2, -0.15) is 26.3 Å². The maximum Gasteiger partial charge on any atom is 0.419 e. The van der Waals surface area contributed by atoms with Crippen molar-refractivity contribution in [1.82, 2.24) is 0 Å². The molecule has 0 aromatic heterocycles. The van der Waals surface area contributed by atoms with Crippen LogP contribution in [0.25, 0.3) is 0 Å². The second kappa shape index (κ2) is 8.12. The monoisotopic (exact) mass is 405 g/mol. The van der Waals surface area contributed by atoms with Gasteiger partial charge in [-0.1, -0.05) is 29.8 Å². The van der Waals surface area contributed by atoms with Crippen molar-refractivity contribution in [2.75, 3.05) is 5.32 Å². The summed E-state index contributed by atoms with van der Waals surface area (Å²) in [7, 11) is 0. The fourth-order valence-corrected chi connectivity index (χ4v) is 2.41. The van der Waals surface area contributed by atoms with Crippen molar-refractivity contribution in [1.29, 1.82) is 0 Å². The number of nitrogens with one attached hydrogen (secondary N) is 1. The maximum absolute atomic E-state index is 13.3. The minimum absolute atomic E-state index is 0.386. The molecule has 0 aliphatic carbocycles. The van der Waals surface area contributed by atoms with Gasteiger partial charge in [-0.15, -0.1) is 0 Å². The van der Waals surface area contributed by atoms with Gasteiger partial charge in [0.2, 0.25) is 6.04 Å². The highest BCUT2D eigenvalue weighted by Gasteiger charge is 2.46. The quantitative estimate of drug-likeness (QED) is 0.534. The van der Waals surface area contributed by atoms with Gasteiger partial charge in [-0.25, -0.2) is 4.79 Å². The van der Waals surface area contributed by atoms with Gasteiger partial charge < -0.3 is 10.1 Å². The van der Waals surface area contributed by atoms with Gasteiger partial charge in [0.25, 0.3) is 0 Å². The van der Waals surface area contributed by atoms with E-state index in [2.05, 4.69) is 0 Å². The Balaban J connectivity index is 2.17. The predicted molar refractivity (Wildman–Crippen MR) is 90.6 cm³/mol. The first kappa shape index (κ1) is 21.6. The molecular formula is C19H17F6NO2. The highest BCUT2D eigenvalue weighted by atomic mass is 19.4. The van der Waals surface area contributed by atoms with E-state index >= 15 is 0 Å². The molecule has 0 bridgehead atoms. The fraction of sp³-hybridized carbons (Fsp3) is 0.316. The average Bonchev–Trinajstić information content (AvgIpc) is 2.58. The second-order valence-corrected chi connectivity index (χ2v) is 6.24. The first-order valence-corrected chi connectivity index (χ1v) is 8.11. The number of hydrogen-bond acceptors (Lipinski definition) is 3. The van der Waals surface area contributed by atoms with E-state index in [1.54, 1.807) is 37.4 Å². The van der Waals surface area contributed by atoms with Crippen molar-refractivity contribution in [2.45, 2.75) is 38.8 Å². The molecule has 0 aliphatic rings. The third kappa shape index (κ3) is 5.64. The van der Waals surface area contributed by atoms with Crippen molar-refractivity contribution in [3.05, 3.63) is 64.7 Å². The first-order valence-electron chi connectivity index (χ1n) is 8.11. The minimum Gasteiger partial charge on any atom is -0.459 e. The number of esters is 1. The van der Waals surface area contributed by atoms with Crippen LogP contribution < -0.4 is 5.32 Å². The van der Waals surface area contributed by atoms with Crippen LogP contribution in [0.15, 0.2) is 42.5 Å². The smallest absolute Gasteiger partial charge is 0.419 e. The van der Waals surface area contributed by atoms with Crippen LogP contribution in [-0.2, 0) is 22.3 Å². The minimum atomic E-state index is -5.06. The molecule has 0 heterocycles. The topological polar surface area (TPSA) is 38.3 Å². The Hall–Kier alpha value is -2.71. The van der Waals surface area contributed by atoms with Crippen molar-refractivity contribution in [2.24, 2.45) is 0 Å². The van der Waals surface area contributed by atoms with Crippen molar-refractivity contribution in [3.63, 3.8) is 0 Å². The number of rotatable bonds is 5. The van der Waals surface area contributed by atoms with Gasteiger partial charge in [0.1, 0.15) is 6.61 Å². The highest BCUT2D eigenvalue weighted by molar-refractivity contribution is 5.80. The second-order valence-electron chi connectivity index (χ2n) is 6.24. The largest absolute Gasteiger partial charge is 0.459 e. The zero-order chi connectivity index (χ0) is 21.1. The SMILES string of the molecule is Cc1ccc(C)c(COC(=O)[C@H](Nc2cccc(C(F)(F)F)c2)C(F)(F)F)c1. The standard InChI is InChI=1S/C19H17F6NO2/c1-11-6-7-12(2)13(8-11)10-28-17(27)16(19(23,24)25)26-15-5-3-4-14(9-15)18(20,21)22/h3-9,16,26H,10H2,1-2H3/t16-/m0/s1. The Labute approximate surface area is 157 Å². The van der Waals surface area contributed by atoms with Gasteiger partial charge in [0.05, 0.1) is 5.56 Å². The lowest BCUT2D eigenvalue weighted by molar-refractivity contribution is -0.177. The Morgan fingerprint density at radius 3 is 2.32 bits per heavy atom. The van der Waals surface area contributed by atoms with E-state index in [-0.39, 0.29) is 6.61 Å². The van der Waals surface area contributed by atoms with E-state index in [1.807, 2.05) is 0 Å². The lowest BCUT2D eigenvalue weighted by Gasteiger charge is -2.22. The molecule has 0 amide bonds. The molecule has 3 nitrogen and oxygen atoms in total. The summed E-state index contributed by atoms with van der Waals surface area (Å²) >= 11 is 0. The third-order valence-corrected chi connectivity index (χ3v) is 3.94. The Bertz CT molecular complexity index is 845. The van der Waals surface area contributed by atoms with E-state index < -0.39 is 35.6 Å². The van der Waals surface area contributed by atoms with E-state index in [9.17, 15) is 31.1 Å². The molecule has 0 unspecified atom stereocenters. The zero-order valence-corrected chi connectivity index (χ0v) is 14.9. The van der Waals surface area contributed by atoms with Crippen LogP contribution in [0.2, 0.25) is 0 Å². The molecule has 0 radical (unpaired) electrons. The van der Waals surface area contributed by atoms with E-state index in [0.29, 0.717) is 17.7 Å². The predicted octanol–water partition coefficient (Wildman–Crippen LogP) is 5.41. The van der Waals surface area contributed by atoms with E-state index in [4.69, 9.17) is 4.74 Å². The van der Waals surface area contributed by atoms with E-state index in [0.717, 1.165) is 23.3 Å². The summed E-state index contributed by atoms with van der Waals surface area (Å²) in [5, 5.41) is 1.79. The Morgan fingerprint density at radius 1 is 1.04 bits per heavy atom. The molecule has 28 heavy (non-hydrogen) atoms. The van der Waals surface area contributed by atoms with E-state index in [1.165, 1.54) is 0 Å². The number of carbonyl (C=O) groups excluding carboxylic acids is 1. The van der Waals surface area contributed by atoms with Gasteiger partial charge in [-0.05, 0) is 43.2 Å². The molecule has 9 heteroatoms. The molecule has 1 atom stereocenters. The normalized spacial score (nSPS) is 13.1. The number of ether oxygens (including phenoxy) is 1. The number of alkyl halides is 6. The summed E-state index contributed by atoms with van der Waals surface area (Å²) in [6.45, 7) is 3.10. The summed E-state index contributed by atoms with van der Waals surface area (Å²) in [6, 6.07) is 5.57. The summed E-state index contributed by atoms with van der Waals surface area (Å²) in [6.07, 6.45) is -9.79. The molecule has 2 rings (SSSR count). The van der Waals surface area contributed by atoms with Crippen LogP contribution in [-0.4, -0.2) is 18.2 Å². The summed E-state index contributed by atoms with van der Waals surface area (Å²) in [5.41, 5.74) is 0.468. The Kier molecular flexibility index (Phi) is 6.26. The fourth-order valence-electron chi connectivity index (χ4n) is 2.41. The molecule has 0 fully saturated rings. The third-order valence-electron chi connectivity index (χ3n) is 3.94. The molecule has 0 saturated heterocycles. The summed E-state index contributed by atoms with van der Waals surface area (Å²) in [4.78, 5) is 12.0. The van der Waals surface area contributed by atoms with Crippen LogP contribution in [0.3, 0.4) is 0 Å². The number of benzene rings is 2. The lowest BCUT2D eigenvalue weighted by atomic mass is 10.1. The summed E-state index contributed by atoms with van der Waals surface area (Å²) in [5.74, 6) is -1.63. The molecule has 0 spiro atoms. The van der Waals surface area contributed by atoms with Crippen LogP contribution >= 0.6 is 0 Å². The molecule has 0 aliphatic heterocycles. The molecule has 1 N–H and O–H groups in total. The van der Waals surface area contributed by atoms with Crippen molar-refractivity contribution in [3.8, 4) is 0 Å². The van der Waals surface area contributed by atoms with Crippen LogP contribution in [0.4, 0.5) is 32.0 Å². The van der Waals surface area contributed by atoms with Gasteiger partial charge in [0.15, 0.2) is 0 Å². The lowest BCUT2D eigenvalue weighted by Crippen LogP contribution is -2.44. The maximum atomic E-state index is 13.3. The molecule has 152 valence electrons. The molecular weight excluding hydrogens is 388 g/mol. The number of carbonyl (C=O) groups is 1. The molecule has 0 saturated carbocycles. The van der Waals surface area contributed by atoms with Crippen molar-refractivity contribution < 1.29 is 35.9 Å². The van der Waals surface area contributed by atoms with Crippen molar-refractivity contribution >= 4 is 11.7 Å². The molecule has 2 aromatic rings. The van der Waals surface area contributed by atoms with Gasteiger partial charge in [-0.3, -0.25) is 0 Å². The van der Waals surface area contributed by atoms with Crippen LogP contribution in [0.1, 0.15) is 22.3 Å². The van der Waals surface area contributed by atoms with Gasteiger partial charge >= 0.3 is 18.3 Å². The first-order chi connectivity index (χ1) is 12.9. The molecule has 2 aromatic carbocycles. The van der Waals surface area contributed by atoms with Crippen LogP contribution in [0.5, 0.6) is 0 Å².